The molecule has 1 atom stereocenters. The Morgan fingerprint density at radius 2 is 1.75 bits per heavy atom. The lowest BCUT2D eigenvalue weighted by atomic mass is 9.95. The van der Waals surface area contributed by atoms with Crippen molar-refractivity contribution in [1.29, 1.82) is 0 Å². The second kappa shape index (κ2) is 8.93. The van der Waals surface area contributed by atoms with E-state index in [9.17, 15) is 14.7 Å². The maximum absolute atomic E-state index is 13.2. The van der Waals surface area contributed by atoms with Crippen LogP contribution in [0.15, 0.2) is 78.6 Å². The van der Waals surface area contributed by atoms with Gasteiger partial charge >= 0.3 is 0 Å². The SMILES string of the molecule is CCOc1cccc(N2C(=O)C(=O)/C(=C(/O)c3ccc(OC)cc3)C2c2ccncc2)c1. The van der Waals surface area contributed by atoms with E-state index in [2.05, 4.69) is 4.98 Å². The molecule has 1 aromatic heterocycles. The average Bonchev–Trinajstić information content (AvgIpc) is 3.10. The van der Waals surface area contributed by atoms with Crippen molar-refractivity contribution in [3.63, 3.8) is 0 Å². The molecular formula is C25H22N2O5. The molecule has 32 heavy (non-hydrogen) atoms. The molecular weight excluding hydrogens is 408 g/mol. The summed E-state index contributed by atoms with van der Waals surface area (Å²) in [5.74, 6) is -0.551. The molecule has 0 bridgehead atoms. The minimum Gasteiger partial charge on any atom is -0.507 e. The number of benzene rings is 2. The third-order valence-electron chi connectivity index (χ3n) is 5.24. The summed E-state index contributed by atoms with van der Waals surface area (Å²) >= 11 is 0. The molecule has 1 amide bonds. The summed E-state index contributed by atoms with van der Waals surface area (Å²) in [5.41, 5.74) is 1.56. The Bertz CT molecular complexity index is 1170. The van der Waals surface area contributed by atoms with E-state index < -0.39 is 17.7 Å². The maximum Gasteiger partial charge on any atom is 0.300 e. The van der Waals surface area contributed by atoms with E-state index in [1.54, 1.807) is 80.2 Å². The van der Waals surface area contributed by atoms with Gasteiger partial charge in [-0.05, 0) is 61.0 Å². The molecule has 1 aliphatic rings. The fraction of sp³-hybridized carbons (Fsp3) is 0.160. The van der Waals surface area contributed by atoms with Crippen LogP contribution < -0.4 is 14.4 Å². The zero-order valence-electron chi connectivity index (χ0n) is 17.7. The second-order valence-electron chi connectivity index (χ2n) is 7.11. The molecule has 0 spiro atoms. The Morgan fingerprint density at radius 3 is 2.41 bits per heavy atom. The predicted octanol–water partition coefficient (Wildman–Crippen LogP) is 4.12. The topological polar surface area (TPSA) is 89.0 Å². The largest absolute Gasteiger partial charge is 0.507 e. The van der Waals surface area contributed by atoms with Crippen molar-refractivity contribution >= 4 is 23.1 Å². The number of aliphatic hydroxyl groups excluding tert-OH is 1. The van der Waals surface area contributed by atoms with E-state index in [1.807, 2.05) is 6.92 Å². The Kier molecular flexibility index (Phi) is 5.89. The van der Waals surface area contributed by atoms with Crippen LogP contribution in [0.1, 0.15) is 24.1 Å². The molecule has 0 aliphatic carbocycles. The number of aliphatic hydroxyl groups is 1. The third-order valence-corrected chi connectivity index (χ3v) is 5.24. The number of Topliss-reactive ketones (excluding diaryl/α,β-unsaturated/α-hetero) is 1. The van der Waals surface area contributed by atoms with Crippen molar-refractivity contribution in [3.8, 4) is 11.5 Å². The number of carbonyl (C=O) groups is 2. The summed E-state index contributed by atoms with van der Waals surface area (Å²) in [6.07, 6.45) is 3.17. The van der Waals surface area contributed by atoms with E-state index in [0.29, 0.717) is 34.9 Å². The summed E-state index contributed by atoms with van der Waals surface area (Å²) in [5, 5.41) is 11.1. The van der Waals surface area contributed by atoms with Crippen LogP contribution in [0.2, 0.25) is 0 Å². The Hall–Kier alpha value is -4.13. The molecule has 7 heteroatoms. The van der Waals surface area contributed by atoms with Crippen LogP contribution in [0.4, 0.5) is 5.69 Å². The number of ether oxygens (including phenoxy) is 2. The lowest BCUT2D eigenvalue weighted by molar-refractivity contribution is -0.132. The van der Waals surface area contributed by atoms with Gasteiger partial charge in [-0.1, -0.05) is 6.07 Å². The van der Waals surface area contributed by atoms with Crippen molar-refractivity contribution in [2.75, 3.05) is 18.6 Å². The highest BCUT2D eigenvalue weighted by Gasteiger charge is 2.47. The van der Waals surface area contributed by atoms with Crippen molar-refractivity contribution in [2.45, 2.75) is 13.0 Å². The summed E-state index contributed by atoms with van der Waals surface area (Å²) in [6.45, 7) is 2.33. The fourth-order valence-corrected chi connectivity index (χ4v) is 3.75. The summed E-state index contributed by atoms with van der Waals surface area (Å²) in [6, 6.07) is 16.2. The van der Waals surface area contributed by atoms with Crippen LogP contribution in [0.3, 0.4) is 0 Å². The first-order chi connectivity index (χ1) is 15.5. The van der Waals surface area contributed by atoms with Gasteiger partial charge in [-0.2, -0.15) is 0 Å². The summed E-state index contributed by atoms with van der Waals surface area (Å²) in [4.78, 5) is 31.7. The number of pyridine rings is 1. The van der Waals surface area contributed by atoms with Gasteiger partial charge in [0.15, 0.2) is 0 Å². The maximum atomic E-state index is 13.2. The zero-order valence-corrected chi connectivity index (χ0v) is 17.7. The molecule has 1 aliphatic heterocycles. The van der Waals surface area contributed by atoms with E-state index in [-0.39, 0.29) is 11.3 Å². The minimum absolute atomic E-state index is 0.00757. The van der Waals surface area contributed by atoms with Crippen LogP contribution in [0.25, 0.3) is 5.76 Å². The molecule has 3 aromatic rings. The van der Waals surface area contributed by atoms with Crippen LogP contribution in [-0.4, -0.2) is 35.5 Å². The summed E-state index contributed by atoms with van der Waals surface area (Å²) < 4.78 is 10.7. The number of nitrogens with zero attached hydrogens (tertiary/aromatic N) is 2. The van der Waals surface area contributed by atoms with E-state index in [4.69, 9.17) is 9.47 Å². The standard InChI is InChI=1S/C25H22N2O5/c1-3-32-20-6-4-5-18(15-20)27-22(16-11-13-26-14-12-16)21(24(29)25(27)30)23(28)17-7-9-19(31-2)10-8-17/h4-15,22,28H,3H2,1-2H3/b23-21+. The number of carbonyl (C=O) groups excluding carboxylic acids is 2. The van der Waals surface area contributed by atoms with Gasteiger partial charge < -0.3 is 14.6 Å². The van der Waals surface area contributed by atoms with Crippen LogP contribution in [0.5, 0.6) is 11.5 Å². The number of methoxy groups -OCH3 is 1. The molecule has 0 radical (unpaired) electrons. The van der Waals surface area contributed by atoms with Gasteiger partial charge in [-0.25, -0.2) is 0 Å². The molecule has 1 fully saturated rings. The number of anilines is 1. The van der Waals surface area contributed by atoms with Gasteiger partial charge in [-0.15, -0.1) is 0 Å². The normalized spacial score (nSPS) is 17.4. The number of amides is 1. The highest BCUT2D eigenvalue weighted by atomic mass is 16.5. The molecule has 162 valence electrons. The number of rotatable bonds is 6. The van der Waals surface area contributed by atoms with E-state index >= 15 is 0 Å². The van der Waals surface area contributed by atoms with Gasteiger partial charge in [-0.3, -0.25) is 19.5 Å². The van der Waals surface area contributed by atoms with Crippen LogP contribution in [0, 0.1) is 0 Å². The van der Waals surface area contributed by atoms with Crippen molar-refractivity contribution in [2.24, 2.45) is 0 Å². The fourth-order valence-electron chi connectivity index (χ4n) is 3.75. The highest BCUT2D eigenvalue weighted by Crippen LogP contribution is 2.42. The highest BCUT2D eigenvalue weighted by molar-refractivity contribution is 6.51. The molecule has 7 nitrogen and oxygen atoms in total. The number of ketones is 1. The molecule has 2 aromatic carbocycles. The predicted molar refractivity (Wildman–Crippen MR) is 120 cm³/mol. The minimum atomic E-state index is -0.822. The molecule has 0 saturated carbocycles. The Balaban J connectivity index is 1.89. The number of hydrogen-bond donors (Lipinski definition) is 1. The molecule has 2 heterocycles. The third kappa shape index (κ3) is 3.80. The van der Waals surface area contributed by atoms with E-state index in [0.717, 1.165) is 0 Å². The average molecular weight is 430 g/mol. The lowest BCUT2D eigenvalue weighted by Gasteiger charge is -2.25. The van der Waals surface area contributed by atoms with Gasteiger partial charge in [0.2, 0.25) is 0 Å². The second-order valence-corrected chi connectivity index (χ2v) is 7.11. The van der Waals surface area contributed by atoms with Gasteiger partial charge in [0.1, 0.15) is 17.3 Å². The van der Waals surface area contributed by atoms with E-state index in [1.165, 1.54) is 4.90 Å². The monoisotopic (exact) mass is 430 g/mol. The van der Waals surface area contributed by atoms with Crippen molar-refractivity contribution in [1.82, 2.24) is 4.98 Å². The van der Waals surface area contributed by atoms with Crippen molar-refractivity contribution < 1.29 is 24.2 Å². The zero-order chi connectivity index (χ0) is 22.7. The van der Waals surface area contributed by atoms with Crippen LogP contribution in [-0.2, 0) is 9.59 Å². The first-order valence-electron chi connectivity index (χ1n) is 10.1. The Morgan fingerprint density at radius 1 is 1.03 bits per heavy atom. The van der Waals surface area contributed by atoms with Gasteiger partial charge in [0.05, 0.1) is 25.3 Å². The molecule has 1 unspecified atom stereocenters. The molecule has 4 rings (SSSR count). The van der Waals surface area contributed by atoms with Crippen molar-refractivity contribution in [3.05, 3.63) is 89.8 Å². The smallest absolute Gasteiger partial charge is 0.300 e. The first kappa shape index (κ1) is 21.1. The number of hydrogen-bond acceptors (Lipinski definition) is 6. The van der Waals surface area contributed by atoms with Gasteiger partial charge in [0.25, 0.3) is 11.7 Å². The molecule has 1 saturated heterocycles. The quantitative estimate of drug-likeness (QED) is 0.360. The molecule has 1 N–H and O–H groups in total. The Labute approximate surface area is 185 Å². The van der Waals surface area contributed by atoms with Gasteiger partial charge in [0, 0.05) is 29.7 Å². The number of aromatic nitrogens is 1. The summed E-state index contributed by atoms with van der Waals surface area (Å²) in [7, 11) is 1.54. The lowest BCUT2D eigenvalue weighted by Crippen LogP contribution is -2.29. The van der Waals surface area contributed by atoms with Crippen LogP contribution >= 0.6 is 0 Å². The first-order valence-corrected chi connectivity index (χ1v) is 10.1.